The summed E-state index contributed by atoms with van der Waals surface area (Å²) in [6, 6.07) is 8.30. The zero-order valence-electron chi connectivity index (χ0n) is 12.6. The number of nitrogens with zero attached hydrogens (tertiary/aromatic N) is 2. The highest BCUT2D eigenvalue weighted by atomic mass is 16.5. The highest BCUT2D eigenvalue weighted by Crippen LogP contribution is 2.26. The third kappa shape index (κ3) is 2.78. The van der Waals surface area contributed by atoms with Gasteiger partial charge in [0.2, 0.25) is 5.89 Å². The van der Waals surface area contributed by atoms with Crippen LogP contribution in [0.5, 0.6) is 0 Å². The monoisotopic (exact) mass is 294 g/mol. The lowest BCUT2D eigenvalue weighted by atomic mass is 9.87. The maximum atomic E-state index is 5.45. The van der Waals surface area contributed by atoms with Gasteiger partial charge in [0, 0.05) is 29.9 Å². The van der Waals surface area contributed by atoms with Gasteiger partial charge in [-0.1, -0.05) is 23.4 Å². The van der Waals surface area contributed by atoms with Crippen molar-refractivity contribution >= 4 is 10.9 Å². The number of rotatable bonds is 4. The highest BCUT2D eigenvalue weighted by molar-refractivity contribution is 5.83. The van der Waals surface area contributed by atoms with Crippen molar-refractivity contribution in [2.24, 2.45) is 5.92 Å². The second-order valence-electron chi connectivity index (χ2n) is 6.15. The molecule has 113 valence electrons. The fraction of sp³-hybridized carbons (Fsp3) is 0.389. The molecule has 0 spiro atoms. The molecule has 4 heteroatoms. The van der Waals surface area contributed by atoms with Gasteiger partial charge in [-0.3, -0.25) is 0 Å². The van der Waals surface area contributed by atoms with Gasteiger partial charge >= 0.3 is 0 Å². The lowest BCUT2D eigenvalue weighted by molar-refractivity contribution is 0.322. The minimum atomic E-state index is 0.700. The molecule has 4 nitrogen and oxygen atoms in total. The first-order valence-corrected chi connectivity index (χ1v) is 8.06. The van der Waals surface area contributed by atoms with Gasteiger partial charge in [0.05, 0.1) is 0 Å². The molecule has 0 aliphatic heterocycles. The van der Waals surface area contributed by atoms with E-state index < -0.39 is 0 Å². The molecule has 1 N–H and O–H groups in total. The molecule has 1 aromatic carbocycles. The molecule has 2 heterocycles. The molecule has 22 heavy (non-hydrogen) atoms. The molecule has 0 amide bonds. The Balaban J connectivity index is 1.47. The molecule has 1 aliphatic carbocycles. The molecule has 0 unspecified atom stereocenters. The lowest BCUT2D eigenvalue weighted by Gasteiger charge is -2.19. The van der Waals surface area contributed by atoms with E-state index >= 15 is 0 Å². The van der Waals surface area contributed by atoms with Crippen LogP contribution in [0.4, 0.5) is 0 Å². The summed E-state index contributed by atoms with van der Waals surface area (Å²) in [5.74, 6) is 2.27. The van der Waals surface area contributed by atoms with Crippen molar-refractivity contribution in [3.05, 3.63) is 54.2 Å². The van der Waals surface area contributed by atoms with Gasteiger partial charge in [0.15, 0.2) is 5.82 Å². The fourth-order valence-electron chi connectivity index (χ4n) is 3.34. The first-order chi connectivity index (χ1) is 10.9. The molecular weight excluding hydrogens is 274 g/mol. The number of H-pyrrole nitrogens is 1. The average Bonchev–Trinajstić information content (AvgIpc) is 3.17. The van der Waals surface area contributed by atoms with Crippen LogP contribution in [0.3, 0.4) is 0 Å². The molecule has 0 bridgehead atoms. The highest BCUT2D eigenvalue weighted by Gasteiger charge is 2.18. The Bertz CT molecular complexity index is 752. The largest absolute Gasteiger partial charge is 0.361 e. The van der Waals surface area contributed by atoms with Gasteiger partial charge < -0.3 is 9.51 Å². The van der Waals surface area contributed by atoms with E-state index in [-0.39, 0.29) is 0 Å². The molecule has 1 aliphatic rings. The minimum Gasteiger partial charge on any atom is -0.361 e. The summed E-state index contributed by atoms with van der Waals surface area (Å²) < 4.78 is 5.45. The number of benzene rings is 1. The summed E-state index contributed by atoms with van der Waals surface area (Å²) in [6.07, 6.45) is 11.0. The summed E-state index contributed by atoms with van der Waals surface area (Å²) in [4.78, 5) is 7.88. The number of aromatic amines is 1. The molecule has 1 radical (unpaired) electrons. The van der Waals surface area contributed by atoms with Crippen LogP contribution in [0.2, 0.25) is 0 Å². The van der Waals surface area contributed by atoms with Crippen LogP contribution in [0, 0.1) is 12.3 Å². The van der Waals surface area contributed by atoms with Gasteiger partial charge in [-0.15, -0.1) is 0 Å². The molecular formula is C18H20N3O. The van der Waals surface area contributed by atoms with Crippen molar-refractivity contribution in [1.82, 2.24) is 15.1 Å². The molecule has 1 saturated carbocycles. The molecule has 4 rings (SSSR count). The Hall–Kier alpha value is -2.10. The van der Waals surface area contributed by atoms with Gasteiger partial charge in [-0.2, -0.15) is 4.98 Å². The Morgan fingerprint density at radius 2 is 2.05 bits per heavy atom. The quantitative estimate of drug-likeness (QED) is 0.789. The summed E-state index contributed by atoms with van der Waals surface area (Å²) in [7, 11) is 0. The summed E-state index contributed by atoms with van der Waals surface area (Å²) in [5, 5.41) is 5.39. The second kappa shape index (κ2) is 5.95. The number of hydrogen-bond donors (Lipinski definition) is 1. The van der Waals surface area contributed by atoms with Crippen LogP contribution in [0.15, 0.2) is 35.0 Å². The molecule has 0 saturated heterocycles. The first kappa shape index (κ1) is 13.6. The second-order valence-corrected chi connectivity index (χ2v) is 6.15. The van der Waals surface area contributed by atoms with Crippen molar-refractivity contribution < 1.29 is 4.52 Å². The predicted molar refractivity (Wildman–Crippen MR) is 85.4 cm³/mol. The normalized spacial score (nSPS) is 16.4. The maximum Gasteiger partial charge on any atom is 0.226 e. The van der Waals surface area contributed by atoms with Crippen molar-refractivity contribution in [3.8, 4) is 0 Å². The Morgan fingerprint density at radius 1 is 1.18 bits per heavy atom. The van der Waals surface area contributed by atoms with Gasteiger partial charge in [0.1, 0.15) is 0 Å². The van der Waals surface area contributed by atoms with E-state index in [0.717, 1.165) is 23.7 Å². The Morgan fingerprint density at radius 3 is 2.95 bits per heavy atom. The fourth-order valence-corrected chi connectivity index (χ4v) is 3.34. The maximum absolute atomic E-state index is 5.45. The van der Waals surface area contributed by atoms with E-state index in [1.54, 1.807) is 0 Å². The van der Waals surface area contributed by atoms with Gasteiger partial charge in [-0.25, -0.2) is 0 Å². The third-order valence-corrected chi connectivity index (χ3v) is 4.56. The van der Waals surface area contributed by atoms with Crippen LogP contribution in [-0.4, -0.2) is 15.1 Å². The standard InChI is InChI=1S/C18H20N3O/c1-2-6-13(7-3-1)10-18-20-17(21-22-18)11-14-12-19-16-9-5-4-8-15(14)16/h1,4-5,8-9,12-13,19H,2-3,6-7,10-11H2. The zero-order valence-corrected chi connectivity index (χ0v) is 12.6. The van der Waals surface area contributed by atoms with E-state index in [4.69, 9.17) is 4.52 Å². The summed E-state index contributed by atoms with van der Waals surface area (Å²) in [5.41, 5.74) is 2.37. The number of hydrogen-bond acceptors (Lipinski definition) is 3. The van der Waals surface area contributed by atoms with Gasteiger partial charge in [0.25, 0.3) is 0 Å². The van der Waals surface area contributed by atoms with E-state index in [2.05, 4.69) is 39.7 Å². The van der Waals surface area contributed by atoms with Crippen molar-refractivity contribution in [2.75, 3.05) is 0 Å². The Labute approximate surface area is 129 Å². The predicted octanol–water partition coefficient (Wildman–Crippen LogP) is 4.08. The Kier molecular flexibility index (Phi) is 3.67. The number of fused-ring (bicyclic) bond motifs is 1. The van der Waals surface area contributed by atoms with E-state index in [1.165, 1.54) is 36.6 Å². The lowest BCUT2D eigenvalue weighted by Crippen LogP contribution is -2.09. The molecule has 3 aromatic rings. The number of para-hydroxylation sites is 1. The van der Waals surface area contributed by atoms with E-state index in [1.807, 2.05) is 12.3 Å². The molecule has 0 atom stereocenters. The van der Waals surface area contributed by atoms with Crippen LogP contribution >= 0.6 is 0 Å². The minimum absolute atomic E-state index is 0.700. The van der Waals surface area contributed by atoms with Crippen LogP contribution in [0.1, 0.15) is 43.0 Å². The average molecular weight is 294 g/mol. The molecule has 1 fully saturated rings. The van der Waals surface area contributed by atoms with Gasteiger partial charge in [-0.05, 0) is 49.7 Å². The third-order valence-electron chi connectivity index (χ3n) is 4.56. The van der Waals surface area contributed by atoms with Crippen LogP contribution in [-0.2, 0) is 12.8 Å². The zero-order chi connectivity index (χ0) is 14.8. The van der Waals surface area contributed by atoms with Crippen molar-refractivity contribution in [2.45, 2.75) is 38.5 Å². The van der Waals surface area contributed by atoms with E-state index in [9.17, 15) is 0 Å². The van der Waals surface area contributed by atoms with Crippen molar-refractivity contribution in [1.29, 1.82) is 0 Å². The smallest absolute Gasteiger partial charge is 0.226 e. The van der Waals surface area contributed by atoms with Crippen LogP contribution in [0.25, 0.3) is 10.9 Å². The first-order valence-electron chi connectivity index (χ1n) is 8.06. The summed E-state index contributed by atoms with van der Waals surface area (Å²) >= 11 is 0. The topological polar surface area (TPSA) is 54.7 Å². The summed E-state index contributed by atoms with van der Waals surface area (Å²) in [6.45, 7) is 0. The number of aromatic nitrogens is 3. The van der Waals surface area contributed by atoms with Crippen molar-refractivity contribution in [3.63, 3.8) is 0 Å². The van der Waals surface area contributed by atoms with Crippen LogP contribution < -0.4 is 0 Å². The number of nitrogens with one attached hydrogen (secondary N) is 1. The SMILES string of the molecule is [CH]1CCC(Cc2nc(Cc3c[nH]c4ccccc34)no2)CC1. The van der Waals surface area contributed by atoms with E-state index in [0.29, 0.717) is 12.3 Å². The molecule has 2 aromatic heterocycles.